The van der Waals surface area contributed by atoms with Crippen LogP contribution in [-0.2, 0) is 6.18 Å². The molecule has 10 heteroatoms. The van der Waals surface area contributed by atoms with Crippen molar-refractivity contribution in [1.29, 1.82) is 0 Å². The molecule has 0 radical (unpaired) electrons. The van der Waals surface area contributed by atoms with Gasteiger partial charge in [-0.2, -0.15) is 18.3 Å². The first-order valence-electron chi connectivity index (χ1n) is 8.96. The predicted octanol–water partition coefficient (Wildman–Crippen LogP) is 3.90. The third-order valence-corrected chi connectivity index (χ3v) is 5.21. The van der Waals surface area contributed by atoms with Crippen LogP contribution in [0, 0.1) is 6.92 Å². The number of carbonyl (C=O) groups is 1. The number of hydrogen-bond acceptors (Lipinski definition) is 4. The zero-order valence-electron chi connectivity index (χ0n) is 15.4. The Morgan fingerprint density at radius 1 is 1.17 bits per heavy atom. The molecule has 1 aliphatic heterocycles. The SMILES string of the molecule is Cc1ccc2[nH]nc(C(=O)N3CCN(c4ncc(C(F)(F)F)cc4Cl)CC3)c2c1. The smallest absolute Gasteiger partial charge is 0.352 e. The van der Waals surface area contributed by atoms with Gasteiger partial charge in [0, 0.05) is 37.8 Å². The number of halogens is 4. The normalized spacial score (nSPS) is 15.2. The maximum absolute atomic E-state index is 12.9. The first-order chi connectivity index (χ1) is 13.7. The van der Waals surface area contributed by atoms with Gasteiger partial charge in [0.05, 0.1) is 16.1 Å². The van der Waals surface area contributed by atoms with E-state index in [1.165, 1.54) is 0 Å². The minimum Gasteiger partial charge on any atom is -0.352 e. The fourth-order valence-corrected chi connectivity index (χ4v) is 3.67. The molecule has 1 aromatic carbocycles. The number of hydrogen-bond donors (Lipinski definition) is 1. The quantitative estimate of drug-likeness (QED) is 0.679. The molecule has 4 rings (SSSR count). The number of amides is 1. The van der Waals surface area contributed by atoms with Crippen molar-refractivity contribution < 1.29 is 18.0 Å². The number of piperazine rings is 1. The minimum atomic E-state index is -4.50. The number of nitrogens with one attached hydrogen (secondary N) is 1. The molecule has 3 heterocycles. The number of rotatable bonds is 2. The second-order valence-electron chi connectivity index (χ2n) is 6.93. The highest BCUT2D eigenvalue weighted by molar-refractivity contribution is 6.33. The third kappa shape index (κ3) is 3.74. The van der Waals surface area contributed by atoms with E-state index in [-0.39, 0.29) is 16.7 Å². The van der Waals surface area contributed by atoms with Crippen LogP contribution in [0.2, 0.25) is 5.02 Å². The van der Waals surface area contributed by atoms with E-state index in [1.54, 1.807) is 9.80 Å². The summed E-state index contributed by atoms with van der Waals surface area (Å²) in [6.07, 6.45) is -3.72. The first kappa shape index (κ1) is 19.5. The number of aryl methyl sites for hydroxylation is 1. The van der Waals surface area contributed by atoms with Crippen LogP contribution in [0.25, 0.3) is 10.9 Å². The second-order valence-corrected chi connectivity index (χ2v) is 7.33. The Morgan fingerprint density at radius 3 is 2.55 bits per heavy atom. The van der Waals surface area contributed by atoms with E-state index in [4.69, 9.17) is 11.6 Å². The number of carbonyl (C=O) groups excluding carboxylic acids is 1. The molecule has 3 aromatic rings. The molecule has 0 atom stereocenters. The summed E-state index contributed by atoms with van der Waals surface area (Å²) < 4.78 is 38.4. The van der Waals surface area contributed by atoms with Gasteiger partial charge in [0.25, 0.3) is 5.91 Å². The average molecular weight is 424 g/mol. The van der Waals surface area contributed by atoms with Gasteiger partial charge in [-0.25, -0.2) is 4.98 Å². The summed E-state index contributed by atoms with van der Waals surface area (Å²) in [5.41, 5.74) is 1.29. The van der Waals surface area contributed by atoms with Gasteiger partial charge < -0.3 is 9.80 Å². The molecule has 0 saturated carbocycles. The van der Waals surface area contributed by atoms with Gasteiger partial charge in [-0.3, -0.25) is 9.89 Å². The van der Waals surface area contributed by atoms with Crippen molar-refractivity contribution in [2.75, 3.05) is 31.1 Å². The summed E-state index contributed by atoms with van der Waals surface area (Å²) in [6, 6.07) is 6.60. The Balaban J connectivity index is 1.48. The van der Waals surface area contributed by atoms with Crippen molar-refractivity contribution in [3.63, 3.8) is 0 Å². The molecule has 1 aliphatic rings. The summed E-state index contributed by atoms with van der Waals surface area (Å²) in [5.74, 6) is 0.0978. The monoisotopic (exact) mass is 423 g/mol. The van der Waals surface area contributed by atoms with Crippen molar-refractivity contribution >= 4 is 34.2 Å². The van der Waals surface area contributed by atoms with Crippen LogP contribution in [0.5, 0.6) is 0 Å². The van der Waals surface area contributed by atoms with E-state index in [0.29, 0.717) is 31.9 Å². The van der Waals surface area contributed by atoms with Crippen molar-refractivity contribution in [1.82, 2.24) is 20.1 Å². The lowest BCUT2D eigenvalue weighted by Gasteiger charge is -2.35. The molecule has 1 saturated heterocycles. The summed E-state index contributed by atoms with van der Waals surface area (Å²) in [5, 5.41) is 7.74. The highest BCUT2D eigenvalue weighted by atomic mass is 35.5. The molecule has 1 N–H and O–H groups in total. The summed E-state index contributed by atoms with van der Waals surface area (Å²) in [7, 11) is 0. The van der Waals surface area contributed by atoms with Crippen molar-refractivity contribution in [2.45, 2.75) is 13.1 Å². The van der Waals surface area contributed by atoms with Crippen LogP contribution in [0.1, 0.15) is 21.6 Å². The van der Waals surface area contributed by atoms with Gasteiger partial charge in [-0.15, -0.1) is 0 Å². The van der Waals surface area contributed by atoms with Gasteiger partial charge >= 0.3 is 6.18 Å². The molecule has 0 spiro atoms. The number of H-pyrrole nitrogens is 1. The van der Waals surface area contributed by atoms with Crippen LogP contribution in [0.3, 0.4) is 0 Å². The van der Waals surface area contributed by atoms with Gasteiger partial charge in [-0.05, 0) is 25.1 Å². The van der Waals surface area contributed by atoms with E-state index in [1.807, 2.05) is 25.1 Å². The molecule has 0 unspecified atom stereocenters. The van der Waals surface area contributed by atoms with Gasteiger partial charge in [0.1, 0.15) is 5.82 Å². The molecule has 29 heavy (non-hydrogen) atoms. The lowest BCUT2D eigenvalue weighted by atomic mass is 10.1. The Bertz CT molecular complexity index is 1070. The molecular weight excluding hydrogens is 407 g/mol. The van der Waals surface area contributed by atoms with Crippen molar-refractivity contribution in [2.24, 2.45) is 0 Å². The topological polar surface area (TPSA) is 65.1 Å². The maximum atomic E-state index is 12.9. The van der Waals surface area contributed by atoms with E-state index >= 15 is 0 Å². The van der Waals surface area contributed by atoms with Crippen LogP contribution in [0.15, 0.2) is 30.5 Å². The number of anilines is 1. The number of benzene rings is 1. The average Bonchev–Trinajstić information content (AvgIpc) is 3.10. The number of nitrogens with zero attached hydrogens (tertiary/aromatic N) is 4. The Labute approximate surface area is 169 Å². The molecule has 0 bridgehead atoms. The highest BCUT2D eigenvalue weighted by Crippen LogP contribution is 2.33. The lowest BCUT2D eigenvalue weighted by Crippen LogP contribution is -2.49. The number of pyridine rings is 1. The molecule has 1 fully saturated rings. The summed E-state index contributed by atoms with van der Waals surface area (Å²) in [6.45, 7) is 3.53. The minimum absolute atomic E-state index is 0.0617. The Kier molecular flexibility index (Phi) is 4.85. The Morgan fingerprint density at radius 2 is 1.90 bits per heavy atom. The largest absolute Gasteiger partial charge is 0.417 e. The van der Waals surface area contributed by atoms with Gasteiger partial charge in [-0.1, -0.05) is 23.2 Å². The van der Waals surface area contributed by atoms with E-state index < -0.39 is 11.7 Å². The highest BCUT2D eigenvalue weighted by Gasteiger charge is 2.33. The van der Waals surface area contributed by atoms with Crippen LogP contribution in [-0.4, -0.2) is 52.2 Å². The lowest BCUT2D eigenvalue weighted by molar-refractivity contribution is -0.137. The van der Waals surface area contributed by atoms with Crippen LogP contribution in [0.4, 0.5) is 19.0 Å². The molecule has 1 amide bonds. The number of alkyl halides is 3. The molecule has 6 nitrogen and oxygen atoms in total. The number of fused-ring (bicyclic) bond motifs is 1. The van der Waals surface area contributed by atoms with E-state index in [9.17, 15) is 18.0 Å². The zero-order valence-corrected chi connectivity index (χ0v) is 16.2. The maximum Gasteiger partial charge on any atom is 0.417 e. The summed E-state index contributed by atoms with van der Waals surface area (Å²) >= 11 is 6.03. The van der Waals surface area contributed by atoms with Crippen LogP contribution >= 0.6 is 11.6 Å². The second kappa shape index (κ2) is 7.22. The zero-order chi connectivity index (χ0) is 20.8. The van der Waals surface area contributed by atoms with Crippen LogP contribution < -0.4 is 4.90 Å². The fraction of sp³-hybridized carbons (Fsp3) is 0.316. The predicted molar refractivity (Wildman–Crippen MR) is 103 cm³/mol. The van der Waals surface area contributed by atoms with E-state index in [2.05, 4.69) is 15.2 Å². The molecular formula is C19H17ClF3N5O. The standard InChI is InChI=1S/C19H17ClF3N5O/c1-11-2-3-15-13(8-11)16(26-25-15)18(29)28-6-4-27(5-7-28)17-14(20)9-12(10-24-17)19(21,22)23/h2-3,8-10H,4-7H2,1H3,(H,25,26). The van der Waals surface area contributed by atoms with Crippen molar-refractivity contribution in [3.05, 3.63) is 52.3 Å². The van der Waals surface area contributed by atoms with Gasteiger partial charge in [0.2, 0.25) is 0 Å². The molecule has 152 valence electrons. The molecule has 2 aromatic heterocycles. The first-order valence-corrected chi connectivity index (χ1v) is 9.33. The van der Waals surface area contributed by atoms with Gasteiger partial charge in [0.15, 0.2) is 5.69 Å². The number of aromatic nitrogens is 3. The van der Waals surface area contributed by atoms with Crippen molar-refractivity contribution in [3.8, 4) is 0 Å². The Hall–Kier alpha value is -2.81. The van der Waals surface area contributed by atoms with E-state index in [0.717, 1.165) is 28.7 Å². The third-order valence-electron chi connectivity index (χ3n) is 4.94. The fourth-order valence-electron chi connectivity index (χ4n) is 3.38. The summed E-state index contributed by atoms with van der Waals surface area (Å²) in [4.78, 5) is 20.3. The molecule has 0 aliphatic carbocycles. The number of aromatic amines is 1.